The summed E-state index contributed by atoms with van der Waals surface area (Å²) in [5.74, 6) is 0.531. The lowest BCUT2D eigenvalue weighted by Gasteiger charge is -2.10. The maximum Gasteiger partial charge on any atom is 0.127 e. The van der Waals surface area contributed by atoms with E-state index < -0.39 is 0 Å². The van der Waals surface area contributed by atoms with Gasteiger partial charge in [-0.1, -0.05) is 6.92 Å². The van der Waals surface area contributed by atoms with Crippen molar-refractivity contribution in [1.82, 2.24) is 4.98 Å². The fourth-order valence-corrected chi connectivity index (χ4v) is 1.95. The van der Waals surface area contributed by atoms with E-state index in [9.17, 15) is 4.39 Å². The summed E-state index contributed by atoms with van der Waals surface area (Å²) in [7, 11) is 0. The molecule has 1 heterocycles. The molecule has 19 heavy (non-hydrogen) atoms. The van der Waals surface area contributed by atoms with Gasteiger partial charge in [0.15, 0.2) is 0 Å². The fourth-order valence-electron chi connectivity index (χ4n) is 1.61. The summed E-state index contributed by atoms with van der Waals surface area (Å²) < 4.78 is 14.0. The van der Waals surface area contributed by atoms with Crippen LogP contribution in [-0.4, -0.2) is 11.5 Å². The van der Waals surface area contributed by atoms with Gasteiger partial charge >= 0.3 is 0 Å². The number of nitrogens with one attached hydrogen (secondary N) is 2. The van der Waals surface area contributed by atoms with Crippen molar-refractivity contribution in [3.05, 3.63) is 46.8 Å². The largest absolute Gasteiger partial charge is 0.370 e. The molecule has 2 aromatic rings. The summed E-state index contributed by atoms with van der Waals surface area (Å²) in [6, 6.07) is 8.27. The first-order valence-electron chi connectivity index (χ1n) is 6.11. The van der Waals surface area contributed by atoms with E-state index in [-0.39, 0.29) is 5.82 Å². The highest BCUT2D eigenvalue weighted by Gasteiger charge is 2.03. The van der Waals surface area contributed by atoms with Gasteiger partial charge in [0, 0.05) is 29.0 Å². The molecule has 0 aliphatic rings. The van der Waals surface area contributed by atoms with Crippen molar-refractivity contribution in [3.8, 4) is 0 Å². The number of aromatic nitrogens is 1. The van der Waals surface area contributed by atoms with E-state index in [2.05, 4.69) is 38.5 Å². The minimum absolute atomic E-state index is 0.274. The Balaban J connectivity index is 2.16. The molecule has 0 aliphatic carbocycles. The second-order valence-corrected chi connectivity index (χ2v) is 4.96. The first-order chi connectivity index (χ1) is 9.19. The topological polar surface area (TPSA) is 37.0 Å². The van der Waals surface area contributed by atoms with Crippen molar-refractivity contribution in [1.29, 1.82) is 0 Å². The Hall–Kier alpha value is -1.62. The average Bonchev–Trinajstić information content (AvgIpc) is 2.41. The van der Waals surface area contributed by atoms with E-state index in [1.54, 1.807) is 12.3 Å². The smallest absolute Gasteiger partial charge is 0.127 e. The van der Waals surface area contributed by atoms with Gasteiger partial charge in [0.2, 0.25) is 0 Å². The monoisotopic (exact) mass is 323 g/mol. The van der Waals surface area contributed by atoms with Gasteiger partial charge in [-0.05, 0) is 46.6 Å². The summed E-state index contributed by atoms with van der Waals surface area (Å²) in [6.07, 6.45) is 2.75. The third-order valence-corrected chi connectivity index (χ3v) is 3.21. The second-order valence-electron chi connectivity index (χ2n) is 4.11. The van der Waals surface area contributed by atoms with E-state index in [4.69, 9.17) is 0 Å². The zero-order chi connectivity index (χ0) is 13.7. The number of benzene rings is 1. The minimum atomic E-state index is -0.274. The molecule has 0 saturated carbocycles. The molecule has 0 bridgehead atoms. The van der Waals surface area contributed by atoms with Crippen LogP contribution >= 0.6 is 15.9 Å². The second kappa shape index (κ2) is 6.52. The predicted octanol–water partition coefficient (Wildman–Crippen LogP) is 4.55. The molecular formula is C14H15BrFN3. The molecule has 3 nitrogen and oxygen atoms in total. The highest BCUT2D eigenvalue weighted by molar-refractivity contribution is 9.10. The van der Waals surface area contributed by atoms with Gasteiger partial charge in [-0.3, -0.25) is 0 Å². The maximum absolute atomic E-state index is 13.2. The first kappa shape index (κ1) is 13.8. The van der Waals surface area contributed by atoms with E-state index in [0.29, 0.717) is 5.69 Å². The summed E-state index contributed by atoms with van der Waals surface area (Å²) >= 11 is 3.39. The number of halogens is 2. The molecule has 0 atom stereocenters. The number of hydrogen-bond acceptors (Lipinski definition) is 3. The van der Waals surface area contributed by atoms with Crippen LogP contribution in [0.1, 0.15) is 13.3 Å². The Labute approximate surface area is 120 Å². The van der Waals surface area contributed by atoms with Gasteiger partial charge in [0.25, 0.3) is 0 Å². The van der Waals surface area contributed by atoms with E-state index >= 15 is 0 Å². The van der Waals surface area contributed by atoms with Crippen LogP contribution in [0, 0.1) is 5.82 Å². The average molecular weight is 324 g/mol. The number of anilines is 3. The molecule has 0 amide bonds. The Morgan fingerprint density at radius 2 is 2.11 bits per heavy atom. The van der Waals surface area contributed by atoms with Crippen molar-refractivity contribution in [2.24, 2.45) is 0 Å². The molecule has 0 fully saturated rings. The van der Waals surface area contributed by atoms with E-state index in [0.717, 1.165) is 28.9 Å². The molecule has 100 valence electrons. The maximum atomic E-state index is 13.2. The lowest BCUT2D eigenvalue weighted by Crippen LogP contribution is -2.02. The van der Waals surface area contributed by atoms with E-state index in [1.807, 2.05) is 12.1 Å². The standard InChI is InChI=1S/C14H15BrFN3/c1-2-6-17-14-9-11(5-7-18-14)19-13-8-10(16)3-4-12(13)15/h3-5,7-9H,2,6H2,1H3,(H2,17,18,19). The first-order valence-corrected chi connectivity index (χ1v) is 6.90. The minimum Gasteiger partial charge on any atom is -0.370 e. The van der Waals surface area contributed by atoms with Crippen LogP contribution < -0.4 is 10.6 Å². The molecule has 2 N–H and O–H groups in total. The number of rotatable bonds is 5. The summed E-state index contributed by atoms with van der Waals surface area (Å²) in [4.78, 5) is 4.22. The van der Waals surface area contributed by atoms with Crippen molar-refractivity contribution >= 4 is 33.1 Å². The van der Waals surface area contributed by atoms with Gasteiger partial charge in [0.1, 0.15) is 11.6 Å². The van der Waals surface area contributed by atoms with Crippen LogP contribution in [0.2, 0.25) is 0 Å². The van der Waals surface area contributed by atoms with E-state index in [1.165, 1.54) is 12.1 Å². The molecular weight excluding hydrogens is 309 g/mol. The molecule has 5 heteroatoms. The normalized spacial score (nSPS) is 10.3. The molecule has 0 aliphatic heterocycles. The highest BCUT2D eigenvalue weighted by Crippen LogP contribution is 2.27. The Morgan fingerprint density at radius 1 is 1.26 bits per heavy atom. The number of hydrogen-bond donors (Lipinski definition) is 2. The quantitative estimate of drug-likeness (QED) is 0.847. The van der Waals surface area contributed by atoms with Crippen LogP contribution in [0.5, 0.6) is 0 Å². The molecule has 0 saturated heterocycles. The molecule has 0 radical (unpaired) electrons. The lowest BCUT2D eigenvalue weighted by atomic mass is 10.3. The predicted molar refractivity (Wildman–Crippen MR) is 80.4 cm³/mol. The van der Waals surface area contributed by atoms with Gasteiger partial charge < -0.3 is 10.6 Å². The Bertz CT molecular complexity index is 560. The van der Waals surface area contributed by atoms with Gasteiger partial charge in [0.05, 0.1) is 5.69 Å². The summed E-state index contributed by atoms with van der Waals surface area (Å²) in [5.41, 5.74) is 1.55. The van der Waals surface area contributed by atoms with Crippen molar-refractivity contribution in [2.45, 2.75) is 13.3 Å². The SMILES string of the molecule is CCCNc1cc(Nc2cc(F)ccc2Br)ccn1. The van der Waals surface area contributed by atoms with Crippen LogP contribution in [-0.2, 0) is 0 Å². The Kier molecular flexibility index (Phi) is 4.74. The summed E-state index contributed by atoms with van der Waals surface area (Å²) in [6.45, 7) is 2.97. The van der Waals surface area contributed by atoms with Crippen molar-refractivity contribution in [2.75, 3.05) is 17.2 Å². The molecule has 1 aromatic heterocycles. The van der Waals surface area contributed by atoms with Gasteiger partial charge in [-0.25, -0.2) is 9.37 Å². The molecule has 1 aromatic carbocycles. The van der Waals surface area contributed by atoms with Crippen LogP contribution in [0.15, 0.2) is 41.0 Å². The fraction of sp³-hybridized carbons (Fsp3) is 0.214. The number of nitrogens with zero attached hydrogens (tertiary/aromatic N) is 1. The molecule has 0 unspecified atom stereocenters. The van der Waals surface area contributed by atoms with Crippen LogP contribution in [0.25, 0.3) is 0 Å². The third kappa shape index (κ3) is 3.92. The van der Waals surface area contributed by atoms with Crippen LogP contribution in [0.4, 0.5) is 21.6 Å². The zero-order valence-corrected chi connectivity index (χ0v) is 12.2. The number of pyridine rings is 1. The van der Waals surface area contributed by atoms with Crippen LogP contribution in [0.3, 0.4) is 0 Å². The van der Waals surface area contributed by atoms with Gasteiger partial charge in [-0.2, -0.15) is 0 Å². The zero-order valence-electron chi connectivity index (χ0n) is 10.6. The lowest BCUT2D eigenvalue weighted by molar-refractivity contribution is 0.628. The van der Waals surface area contributed by atoms with Crippen molar-refractivity contribution in [3.63, 3.8) is 0 Å². The van der Waals surface area contributed by atoms with Gasteiger partial charge in [-0.15, -0.1) is 0 Å². The van der Waals surface area contributed by atoms with Crippen molar-refractivity contribution < 1.29 is 4.39 Å². The molecule has 0 spiro atoms. The molecule has 2 rings (SSSR count). The third-order valence-electron chi connectivity index (χ3n) is 2.52. The highest BCUT2D eigenvalue weighted by atomic mass is 79.9. The summed E-state index contributed by atoms with van der Waals surface area (Å²) in [5, 5.41) is 6.37. The Morgan fingerprint density at radius 3 is 2.89 bits per heavy atom.